The van der Waals surface area contributed by atoms with Crippen molar-refractivity contribution in [3.8, 4) is 5.75 Å². The highest BCUT2D eigenvalue weighted by atomic mass is 16.5. The molecule has 15 heavy (non-hydrogen) atoms. The third-order valence-corrected chi connectivity index (χ3v) is 3.42. The van der Waals surface area contributed by atoms with Crippen LogP contribution in [-0.2, 0) is 0 Å². The maximum Gasteiger partial charge on any atom is 0.126 e. The van der Waals surface area contributed by atoms with Crippen LogP contribution in [0, 0.1) is 5.92 Å². The lowest BCUT2D eigenvalue weighted by atomic mass is 9.94. The van der Waals surface area contributed by atoms with Crippen LogP contribution < -0.4 is 4.74 Å². The molecule has 1 nitrogen and oxygen atoms in total. The zero-order valence-electron chi connectivity index (χ0n) is 8.86. The lowest BCUT2D eigenvalue weighted by molar-refractivity contribution is 0.413. The molecule has 1 aromatic rings. The Morgan fingerprint density at radius 1 is 1.47 bits per heavy atom. The van der Waals surface area contributed by atoms with Crippen molar-refractivity contribution in [2.45, 2.75) is 12.3 Å². The molecule has 1 fully saturated rings. The predicted molar refractivity (Wildman–Crippen MR) is 63.0 cm³/mol. The minimum atomic E-state index is 0.759. The molecule has 0 amide bonds. The zero-order valence-corrected chi connectivity index (χ0v) is 8.86. The van der Waals surface area contributed by atoms with Gasteiger partial charge in [0, 0.05) is 5.56 Å². The molecule has 0 aromatic heterocycles. The van der Waals surface area contributed by atoms with E-state index in [-0.39, 0.29) is 0 Å². The molecule has 0 heterocycles. The van der Waals surface area contributed by atoms with E-state index in [2.05, 4.69) is 30.9 Å². The van der Waals surface area contributed by atoms with Crippen molar-refractivity contribution in [1.82, 2.24) is 0 Å². The molecule has 3 rings (SSSR count). The molecule has 0 aliphatic heterocycles. The van der Waals surface area contributed by atoms with Gasteiger partial charge in [-0.2, -0.15) is 0 Å². The quantitative estimate of drug-likeness (QED) is 0.707. The number of methoxy groups -OCH3 is 1. The first-order chi connectivity index (χ1) is 7.33. The molecular formula is C14H14O. The van der Waals surface area contributed by atoms with E-state index in [0.717, 1.165) is 23.1 Å². The highest BCUT2D eigenvalue weighted by Gasteiger charge is 2.39. The first-order valence-electron chi connectivity index (χ1n) is 5.36. The van der Waals surface area contributed by atoms with E-state index >= 15 is 0 Å². The second-order valence-electron chi connectivity index (χ2n) is 4.29. The summed E-state index contributed by atoms with van der Waals surface area (Å²) >= 11 is 0. The summed E-state index contributed by atoms with van der Waals surface area (Å²) in [6.45, 7) is 3.83. The number of ether oxygens (including phenoxy) is 1. The molecule has 2 aliphatic carbocycles. The van der Waals surface area contributed by atoms with Gasteiger partial charge in [-0.3, -0.25) is 0 Å². The summed E-state index contributed by atoms with van der Waals surface area (Å²) in [5, 5.41) is 0. The van der Waals surface area contributed by atoms with Crippen molar-refractivity contribution >= 4 is 12.2 Å². The largest absolute Gasteiger partial charge is 0.496 e. The number of allylic oxidation sites excluding steroid dienone is 1. The lowest BCUT2D eigenvalue weighted by Gasteiger charge is -2.14. The topological polar surface area (TPSA) is 9.23 Å². The van der Waals surface area contributed by atoms with Gasteiger partial charge in [0.2, 0.25) is 0 Å². The van der Waals surface area contributed by atoms with Crippen LogP contribution in [0.4, 0.5) is 0 Å². The number of rotatable bonds is 2. The molecule has 0 N–H and O–H groups in total. The van der Waals surface area contributed by atoms with Crippen molar-refractivity contribution in [2.75, 3.05) is 7.11 Å². The Morgan fingerprint density at radius 3 is 3.07 bits per heavy atom. The van der Waals surface area contributed by atoms with E-state index in [1.165, 1.54) is 17.5 Å². The van der Waals surface area contributed by atoms with E-state index in [0.29, 0.717) is 0 Å². The summed E-state index contributed by atoms with van der Waals surface area (Å²) in [7, 11) is 1.71. The molecule has 0 spiro atoms. The second-order valence-corrected chi connectivity index (χ2v) is 4.29. The van der Waals surface area contributed by atoms with Gasteiger partial charge in [0.25, 0.3) is 0 Å². The van der Waals surface area contributed by atoms with E-state index in [9.17, 15) is 0 Å². The summed E-state index contributed by atoms with van der Waals surface area (Å²) in [5.41, 5.74) is 3.90. The second kappa shape index (κ2) is 2.99. The smallest absolute Gasteiger partial charge is 0.126 e. The van der Waals surface area contributed by atoms with Crippen molar-refractivity contribution in [3.63, 3.8) is 0 Å². The standard InChI is InChI=1S/C14H14O/c1-3-9-6-12-11(8-14(9)15-2)5-4-10-7-13(10)12/h3-6,8,10,13H,1,7H2,2H3. The predicted octanol–water partition coefficient (Wildman–Crippen LogP) is 3.47. The van der Waals surface area contributed by atoms with E-state index in [1.54, 1.807) is 7.11 Å². The van der Waals surface area contributed by atoms with Crippen LogP contribution in [0.25, 0.3) is 12.2 Å². The lowest BCUT2D eigenvalue weighted by Crippen LogP contribution is -1.96. The average molecular weight is 198 g/mol. The van der Waals surface area contributed by atoms with Gasteiger partial charge in [0.15, 0.2) is 0 Å². The van der Waals surface area contributed by atoms with Gasteiger partial charge in [-0.25, -0.2) is 0 Å². The molecule has 1 heteroatoms. The van der Waals surface area contributed by atoms with Gasteiger partial charge in [-0.1, -0.05) is 24.8 Å². The Kier molecular flexibility index (Phi) is 1.75. The van der Waals surface area contributed by atoms with E-state index in [4.69, 9.17) is 4.74 Å². The average Bonchev–Trinajstić information content (AvgIpc) is 3.06. The molecule has 1 aromatic carbocycles. The van der Waals surface area contributed by atoms with Crippen LogP contribution in [0.1, 0.15) is 29.0 Å². The minimum Gasteiger partial charge on any atom is -0.496 e. The molecular weight excluding hydrogens is 184 g/mol. The van der Waals surface area contributed by atoms with Gasteiger partial charge < -0.3 is 4.74 Å². The molecule has 1 saturated carbocycles. The molecule has 0 saturated heterocycles. The summed E-state index contributed by atoms with van der Waals surface area (Å²) in [4.78, 5) is 0. The van der Waals surface area contributed by atoms with Crippen LogP contribution in [0.2, 0.25) is 0 Å². The number of hydrogen-bond donors (Lipinski definition) is 0. The fraction of sp³-hybridized carbons (Fsp3) is 0.286. The van der Waals surface area contributed by atoms with Gasteiger partial charge in [-0.15, -0.1) is 0 Å². The van der Waals surface area contributed by atoms with Crippen LogP contribution in [-0.4, -0.2) is 7.11 Å². The van der Waals surface area contributed by atoms with Crippen molar-refractivity contribution in [1.29, 1.82) is 0 Å². The molecule has 0 radical (unpaired) electrons. The Morgan fingerprint density at radius 2 is 2.33 bits per heavy atom. The van der Waals surface area contributed by atoms with Gasteiger partial charge in [0.1, 0.15) is 5.75 Å². The molecule has 2 aliphatic rings. The van der Waals surface area contributed by atoms with Crippen LogP contribution >= 0.6 is 0 Å². The summed E-state index contributed by atoms with van der Waals surface area (Å²) < 4.78 is 5.35. The number of fused-ring (bicyclic) bond motifs is 3. The van der Waals surface area contributed by atoms with Gasteiger partial charge >= 0.3 is 0 Å². The molecule has 2 atom stereocenters. The molecule has 76 valence electrons. The maximum absolute atomic E-state index is 5.35. The van der Waals surface area contributed by atoms with Crippen LogP contribution in [0.5, 0.6) is 5.75 Å². The van der Waals surface area contributed by atoms with Gasteiger partial charge in [-0.05, 0) is 41.5 Å². The van der Waals surface area contributed by atoms with Gasteiger partial charge in [0.05, 0.1) is 7.11 Å². The molecule has 2 unspecified atom stereocenters. The number of benzene rings is 1. The normalized spacial score (nSPS) is 25.4. The Bertz CT molecular complexity index is 457. The Balaban J connectivity index is 2.17. The zero-order chi connectivity index (χ0) is 10.4. The first-order valence-corrected chi connectivity index (χ1v) is 5.36. The third-order valence-electron chi connectivity index (χ3n) is 3.42. The fourth-order valence-corrected chi connectivity index (χ4v) is 2.44. The monoisotopic (exact) mass is 198 g/mol. The fourth-order valence-electron chi connectivity index (χ4n) is 2.44. The molecule has 0 bridgehead atoms. The highest BCUT2D eigenvalue weighted by molar-refractivity contribution is 5.68. The third kappa shape index (κ3) is 1.23. The minimum absolute atomic E-state index is 0.759. The van der Waals surface area contributed by atoms with Crippen molar-refractivity contribution < 1.29 is 4.74 Å². The summed E-state index contributed by atoms with van der Waals surface area (Å²) in [6.07, 6.45) is 7.72. The van der Waals surface area contributed by atoms with Crippen molar-refractivity contribution in [2.24, 2.45) is 5.92 Å². The maximum atomic E-state index is 5.35. The van der Waals surface area contributed by atoms with E-state index in [1.807, 2.05) is 6.08 Å². The van der Waals surface area contributed by atoms with Crippen molar-refractivity contribution in [3.05, 3.63) is 41.5 Å². The SMILES string of the molecule is C=Cc1cc2c(cc1OC)C=CC1CC21. The van der Waals surface area contributed by atoms with E-state index < -0.39 is 0 Å². The highest BCUT2D eigenvalue weighted by Crippen LogP contribution is 2.53. The number of hydrogen-bond acceptors (Lipinski definition) is 1. The Hall–Kier alpha value is -1.50. The summed E-state index contributed by atoms with van der Waals surface area (Å²) in [5.74, 6) is 2.48. The summed E-state index contributed by atoms with van der Waals surface area (Å²) in [6, 6.07) is 4.35. The van der Waals surface area contributed by atoms with Crippen LogP contribution in [0.15, 0.2) is 24.8 Å². The van der Waals surface area contributed by atoms with Crippen LogP contribution in [0.3, 0.4) is 0 Å². The Labute approximate surface area is 90.1 Å². The first kappa shape index (κ1) is 8.78.